The second-order valence-corrected chi connectivity index (χ2v) is 6.09. The van der Waals surface area contributed by atoms with Crippen molar-refractivity contribution in [2.24, 2.45) is 0 Å². The molecule has 0 fully saturated rings. The molecule has 0 spiro atoms. The molecule has 0 aliphatic rings. The molecule has 0 atom stereocenters. The van der Waals surface area contributed by atoms with Crippen LogP contribution in [-0.4, -0.2) is 32.6 Å². The van der Waals surface area contributed by atoms with Crippen molar-refractivity contribution >= 4 is 23.6 Å². The lowest BCUT2D eigenvalue weighted by Crippen LogP contribution is -2.18. The number of amides is 2. The van der Waals surface area contributed by atoms with Crippen LogP contribution in [-0.2, 0) is 4.79 Å². The maximum Gasteiger partial charge on any atom is 0.251 e. The van der Waals surface area contributed by atoms with E-state index in [1.54, 1.807) is 44.5 Å². The summed E-state index contributed by atoms with van der Waals surface area (Å²) in [6.45, 7) is 2.74. The van der Waals surface area contributed by atoms with Crippen LogP contribution >= 0.6 is 0 Å². The fraction of sp³-hybridized carbons (Fsp3) is 0.273. The summed E-state index contributed by atoms with van der Waals surface area (Å²) in [5.74, 6) is 0.803. The van der Waals surface area contributed by atoms with Crippen molar-refractivity contribution in [2.45, 2.75) is 19.8 Å². The smallest absolute Gasteiger partial charge is 0.251 e. The van der Waals surface area contributed by atoms with E-state index in [9.17, 15) is 9.59 Å². The Morgan fingerprint density at radius 2 is 1.93 bits per heavy atom. The minimum atomic E-state index is -0.295. The molecule has 28 heavy (non-hydrogen) atoms. The zero-order valence-corrected chi connectivity index (χ0v) is 16.5. The van der Waals surface area contributed by atoms with E-state index in [0.29, 0.717) is 29.4 Å². The lowest BCUT2D eigenvalue weighted by molar-refractivity contribution is -0.111. The van der Waals surface area contributed by atoms with E-state index in [1.165, 1.54) is 6.08 Å². The van der Waals surface area contributed by atoms with Gasteiger partial charge in [-0.15, -0.1) is 0 Å². The Balaban J connectivity index is 2.02. The lowest BCUT2D eigenvalue weighted by Gasteiger charge is -2.11. The Hall–Kier alpha value is -3.28. The largest absolute Gasteiger partial charge is 0.493 e. The van der Waals surface area contributed by atoms with E-state index in [0.717, 1.165) is 18.4 Å². The molecule has 0 unspecified atom stereocenters. The average Bonchev–Trinajstić information content (AvgIpc) is 2.72. The van der Waals surface area contributed by atoms with Crippen LogP contribution in [0.3, 0.4) is 0 Å². The van der Waals surface area contributed by atoms with E-state index in [-0.39, 0.29) is 11.8 Å². The number of benzene rings is 2. The van der Waals surface area contributed by atoms with Crippen LogP contribution in [0.1, 0.15) is 35.7 Å². The van der Waals surface area contributed by atoms with Gasteiger partial charge in [-0.25, -0.2) is 0 Å². The third-order valence-corrected chi connectivity index (χ3v) is 3.99. The Bertz CT molecular complexity index is 846. The van der Waals surface area contributed by atoms with Crippen molar-refractivity contribution in [1.29, 1.82) is 0 Å². The van der Waals surface area contributed by atoms with Crippen LogP contribution in [0.2, 0.25) is 0 Å². The van der Waals surface area contributed by atoms with Gasteiger partial charge < -0.3 is 20.1 Å². The quantitative estimate of drug-likeness (QED) is 0.510. The highest BCUT2D eigenvalue weighted by atomic mass is 16.5. The normalized spacial score (nSPS) is 10.5. The van der Waals surface area contributed by atoms with E-state index < -0.39 is 0 Å². The second kappa shape index (κ2) is 10.8. The van der Waals surface area contributed by atoms with Crippen LogP contribution in [0.15, 0.2) is 48.5 Å². The molecule has 2 amide bonds. The first-order valence-corrected chi connectivity index (χ1v) is 9.19. The van der Waals surface area contributed by atoms with E-state index in [1.807, 2.05) is 18.2 Å². The van der Waals surface area contributed by atoms with Gasteiger partial charge in [0.2, 0.25) is 5.91 Å². The van der Waals surface area contributed by atoms with Crippen LogP contribution in [0.4, 0.5) is 5.69 Å². The molecule has 0 heterocycles. The van der Waals surface area contributed by atoms with Crippen molar-refractivity contribution in [3.05, 3.63) is 59.7 Å². The number of unbranched alkanes of at least 4 members (excludes halogenated alkanes) is 1. The van der Waals surface area contributed by atoms with Gasteiger partial charge in [0, 0.05) is 24.4 Å². The molecule has 0 bridgehead atoms. The van der Waals surface area contributed by atoms with Crippen LogP contribution in [0, 0.1) is 0 Å². The van der Waals surface area contributed by atoms with Crippen molar-refractivity contribution in [3.63, 3.8) is 0 Å². The van der Waals surface area contributed by atoms with Gasteiger partial charge in [-0.2, -0.15) is 0 Å². The topological polar surface area (TPSA) is 76.7 Å². The van der Waals surface area contributed by atoms with Gasteiger partial charge in [0.05, 0.1) is 13.7 Å². The molecule has 148 valence electrons. The molecule has 2 aromatic carbocycles. The highest BCUT2D eigenvalue weighted by molar-refractivity contribution is 6.03. The minimum Gasteiger partial charge on any atom is -0.493 e. The molecular formula is C22H26N2O4. The Labute approximate surface area is 165 Å². The highest BCUT2D eigenvalue weighted by Crippen LogP contribution is 2.28. The number of hydrogen-bond donors (Lipinski definition) is 2. The molecule has 0 aliphatic heterocycles. The number of carbonyl (C=O) groups is 2. The molecule has 0 aromatic heterocycles. The van der Waals surface area contributed by atoms with Gasteiger partial charge >= 0.3 is 0 Å². The Kier molecular flexibility index (Phi) is 8.09. The summed E-state index contributed by atoms with van der Waals surface area (Å²) in [5.41, 5.74) is 1.84. The molecule has 2 aromatic rings. The molecule has 6 nitrogen and oxygen atoms in total. The van der Waals surface area contributed by atoms with E-state index in [4.69, 9.17) is 9.47 Å². The number of hydrogen-bond acceptors (Lipinski definition) is 4. The van der Waals surface area contributed by atoms with E-state index in [2.05, 4.69) is 17.6 Å². The summed E-state index contributed by atoms with van der Waals surface area (Å²) in [6, 6.07) is 12.3. The van der Waals surface area contributed by atoms with Gasteiger partial charge in [-0.1, -0.05) is 25.5 Å². The monoisotopic (exact) mass is 382 g/mol. The third-order valence-electron chi connectivity index (χ3n) is 3.99. The summed E-state index contributed by atoms with van der Waals surface area (Å²) in [5, 5.41) is 5.30. The maximum atomic E-state index is 12.2. The third kappa shape index (κ3) is 6.16. The standard InChI is InChI=1S/C22H26N2O4/c1-4-5-13-28-19-11-9-16(14-20(19)27-3)10-12-21(25)24-18-8-6-7-17(15-18)22(26)23-2/h6-12,14-15H,4-5,13H2,1-3H3,(H,23,26)(H,24,25)/b12-10+. The summed E-state index contributed by atoms with van der Waals surface area (Å²) in [7, 11) is 3.15. The molecule has 0 aliphatic carbocycles. The van der Waals surface area contributed by atoms with Gasteiger partial charge in [0.25, 0.3) is 5.91 Å². The van der Waals surface area contributed by atoms with Crippen LogP contribution < -0.4 is 20.1 Å². The fourth-order valence-corrected chi connectivity index (χ4v) is 2.47. The number of rotatable bonds is 9. The van der Waals surface area contributed by atoms with Crippen LogP contribution in [0.25, 0.3) is 6.08 Å². The first kappa shape index (κ1) is 21.0. The van der Waals surface area contributed by atoms with Gasteiger partial charge in [0.15, 0.2) is 11.5 Å². The van der Waals surface area contributed by atoms with Crippen LogP contribution in [0.5, 0.6) is 11.5 Å². The van der Waals surface area contributed by atoms with Crippen molar-refractivity contribution in [3.8, 4) is 11.5 Å². The molecule has 6 heteroatoms. The Morgan fingerprint density at radius 3 is 2.64 bits per heavy atom. The van der Waals surface area contributed by atoms with Gasteiger partial charge in [-0.05, 0) is 48.4 Å². The predicted octanol–water partition coefficient (Wildman–Crippen LogP) is 3.89. The fourth-order valence-electron chi connectivity index (χ4n) is 2.47. The maximum absolute atomic E-state index is 12.2. The number of nitrogens with one attached hydrogen (secondary N) is 2. The van der Waals surface area contributed by atoms with Gasteiger partial charge in [0.1, 0.15) is 0 Å². The zero-order chi connectivity index (χ0) is 20.4. The minimum absolute atomic E-state index is 0.208. The highest BCUT2D eigenvalue weighted by Gasteiger charge is 2.06. The van der Waals surface area contributed by atoms with Crippen molar-refractivity contribution < 1.29 is 19.1 Å². The molecule has 2 N–H and O–H groups in total. The van der Waals surface area contributed by atoms with Crippen molar-refractivity contribution in [1.82, 2.24) is 5.32 Å². The summed E-state index contributed by atoms with van der Waals surface area (Å²) >= 11 is 0. The Morgan fingerprint density at radius 1 is 1.11 bits per heavy atom. The van der Waals surface area contributed by atoms with Crippen molar-refractivity contribution in [2.75, 3.05) is 26.1 Å². The first-order chi connectivity index (χ1) is 13.6. The lowest BCUT2D eigenvalue weighted by atomic mass is 10.1. The van der Waals surface area contributed by atoms with E-state index >= 15 is 0 Å². The molecular weight excluding hydrogens is 356 g/mol. The first-order valence-electron chi connectivity index (χ1n) is 9.19. The molecule has 2 rings (SSSR count). The average molecular weight is 382 g/mol. The number of ether oxygens (including phenoxy) is 2. The molecule has 0 saturated heterocycles. The second-order valence-electron chi connectivity index (χ2n) is 6.09. The number of methoxy groups -OCH3 is 1. The zero-order valence-electron chi connectivity index (χ0n) is 16.5. The summed E-state index contributed by atoms with van der Waals surface area (Å²) in [6.07, 6.45) is 5.16. The van der Waals surface area contributed by atoms with Gasteiger partial charge in [-0.3, -0.25) is 9.59 Å². The SMILES string of the molecule is CCCCOc1ccc(/C=C/C(=O)Nc2cccc(C(=O)NC)c2)cc1OC. The summed E-state index contributed by atoms with van der Waals surface area (Å²) < 4.78 is 11.1. The predicted molar refractivity (Wildman–Crippen MR) is 111 cm³/mol. The molecule has 0 saturated carbocycles. The summed E-state index contributed by atoms with van der Waals surface area (Å²) in [4.78, 5) is 23.9. The number of anilines is 1. The number of carbonyl (C=O) groups excluding carboxylic acids is 2. The molecule has 0 radical (unpaired) electrons.